The molecule has 0 unspecified atom stereocenters. The molecule has 1 aliphatic carbocycles. The second-order valence-corrected chi connectivity index (χ2v) is 6.20. The van der Waals surface area contributed by atoms with E-state index in [1.807, 2.05) is 24.3 Å². The minimum atomic E-state index is -0.0298. The average Bonchev–Trinajstić information content (AvgIpc) is 3.28. The Kier molecular flexibility index (Phi) is 3.93. The summed E-state index contributed by atoms with van der Waals surface area (Å²) >= 11 is 0. The Hall–Kier alpha value is -2.41. The fourth-order valence-corrected chi connectivity index (χ4v) is 2.71. The van der Waals surface area contributed by atoms with Crippen molar-refractivity contribution in [2.24, 2.45) is 0 Å². The molecule has 1 aromatic heterocycles. The number of rotatable bonds is 6. The Bertz CT molecular complexity index is 735. The van der Waals surface area contributed by atoms with Crippen LogP contribution in [0.3, 0.4) is 0 Å². The lowest BCUT2D eigenvalue weighted by atomic mass is 10.1. The first kappa shape index (κ1) is 15.1. The van der Waals surface area contributed by atoms with Crippen molar-refractivity contribution < 1.29 is 18.8 Å². The van der Waals surface area contributed by atoms with E-state index in [0.717, 1.165) is 24.2 Å². The number of carbonyl (C=O) groups excluding carboxylic acids is 1. The Morgan fingerprint density at radius 1 is 1.33 bits per heavy atom. The van der Waals surface area contributed by atoms with E-state index >= 15 is 0 Å². The molecule has 1 aliphatic heterocycles. The van der Waals surface area contributed by atoms with E-state index in [-0.39, 0.29) is 18.6 Å². The number of para-hydroxylation sites is 1. The summed E-state index contributed by atoms with van der Waals surface area (Å²) in [6, 6.07) is 7.61. The van der Waals surface area contributed by atoms with Gasteiger partial charge in [-0.25, -0.2) is 0 Å². The van der Waals surface area contributed by atoms with E-state index in [9.17, 15) is 4.79 Å². The van der Waals surface area contributed by atoms with Gasteiger partial charge in [-0.3, -0.25) is 4.79 Å². The fourth-order valence-electron chi connectivity index (χ4n) is 2.71. The van der Waals surface area contributed by atoms with Crippen molar-refractivity contribution in [3.05, 3.63) is 30.1 Å². The summed E-state index contributed by atoms with van der Waals surface area (Å²) < 4.78 is 16.3. The molecule has 0 spiro atoms. The van der Waals surface area contributed by atoms with Crippen LogP contribution in [0, 0.1) is 0 Å². The molecule has 2 aliphatic rings. The normalized spacial score (nSPS) is 17.6. The summed E-state index contributed by atoms with van der Waals surface area (Å²) in [5.74, 6) is 2.39. The van der Waals surface area contributed by atoms with Crippen molar-refractivity contribution in [1.82, 2.24) is 15.0 Å². The van der Waals surface area contributed by atoms with Gasteiger partial charge in [0.1, 0.15) is 18.5 Å². The van der Waals surface area contributed by atoms with Gasteiger partial charge in [-0.15, -0.1) is 0 Å². The zero-order chi connectivity index (χ0) is 16.5. The lowest BCUT2D eigenvalue weighted by Crippen LogP contribution is -2.57. The molecule has 0 radical (unpaired) electrons. The minimum Gasteiger partial charge on any atom is -0.486 e. The monoisotopic (exact) mass is 329 g/mol. The van der Waals surface area contributed by atoms with Crippen molar-refractivity contribution in [2.75, 3.05) is 26.8 Å². The van der Waals surface area contributed by atoms with Crippen molar-refractivity contribution in [3.8, 4) is 17.2 Å². The van der Waals surface area contributed by atoms with Gasteiger partial charge in [-0.1, -0.05) is 17.3 Å². The van der Waals surface area contributed by atoms with Gasteiger partial charge >= 0.3 is 0 Å². The summed E-state index contributed by atoms with van der Waals surface area (Å²) in [6.07, 6.45) is 2.23. The third-order valence-electron chi connectivity index (χ3n) is 4.26. The molecule has 2 heterocycles. The number of methoxy groups -OCH3 is 1. The van der Waals surface area contributed by atoms with E-state index in [1.165, 1.54) is 7.11 Å². The van der Waals surface area contributed by atoms with E-state index in [4.69, 9.17) is 14.0 Å². The van der Waals surface area contributed by atoms with Crippen LogP contribution < -0.4 is 4.74 Å². The third-order valence-corrected chi connectivity index (χ3v) is 4.26. The standard InChI is InChI=1S/C17H19N3O4/c1-22-10-15(21)20-8-12(9-20)23-14-5-3-2-4-13(14)17-18-16(19-24-17)11-6-7-11/h2-5,11-12H,6-10H2,1H3. The first-order valence-electron chi connectivity index (χ1n) is 8.11. The third kappa shape index (κ3) is 2.99. The number of carbonyl (C=O) groups is 1. The zero-order valence-corrected chi connectivity index (χ0v) is 13.5. The van der Waals surface area contributed by atoms with Crippen LogP contribution in [0.1, 0.15) is 24.6 Å². The van der Waals surface area contributed by atoms with Crippen molar-refractivity contribution in [2.45, 2.75) is 24.9 Å². The van der Waals surface area contributed by atoms with Crippen LogP contribution in [0.2, 0.25) is 0 Å². The van der Waals surface area contributed by atoms with Crippen molar-refractivity contribution in [3.63, 3.8) is 0 Å². The average molecular weight is 329 g/mol. The van der Waals surface area contributed by atoms with Crippen molar-refractivity contribution in [1.29, 1.82) is 0 Å². The molecule has 24 heavy (non-hydrogen) atoms. The predicted molar refractivity (Wildman–Crippen MR) is 84.6 cm³/mol. The Balaban J connectivity index is 1.44. The second kappa shape index (κ2) is 6.24. The van der Waals surface area contributed by atoms with E-state index in [2.05, 4.69) is 10.1 Å². The SMILES string of the molecule is COCC(=O)N1CC(Oc2ccccc2-c2nc(C3CC3)no2)C1. The molecule has 1 saturated carbocycles. The van der Waals surface area contributed by atoms with Gasteiger partial charge in [0, 0.05) is 13.0 Å². The van der Waals surface area contributed by atoms with Gasteiger partial charge in [0.05, 0.1) is 18.7 Å². The van der Waals surface area contributed by atoms with E-state index in [1.54, 1.807) is 4.90 Å². The maximum Gasteiger partial charge on any atom is 0.261 e. The fraction of sp³-hybridized carbons (Fsp3) is 0.471. The molecule has 1 aromatic carbocycles. The molecule has 0 atom stereocenters. The maximum atomic E-state index is 11.7. The van der Waals surface area contributed by atoms with Gasteiger partial charge in [0.25, 0.3) is 5.89 Å². The summed E-state index contributed by atoms with van der Waals surface area (Å²) in [5.41, 5.74) is 0.790. The highest BCUT2D eigenvalue weighted by Gasteiger charge is 2.33. The van der Waals surface area contributed by atoms with Crippen LogP contribution in [0.4, 0.5) is 0 Å². The molecular formula is C17H19N3O4. The number of nitrogens with zero attached hydrogens (tertiary/aromatic N) is 3. The van der Waals surface area contributed by atoms with Gasteiger partial charge < -0.3 is 18.9 Å². The molecule has 0 N–H and O–H groups in total. The van der Waals surface area contributed by atoms with Gasteiger partial charge in [-0.05, 0) is 25.0 Å². The molecule has 2 fully saturated rings. The van der Waals surface area contributed by atoms with Gasteiger partial charge in [-0.2, -0.15) is 4.98 Å². The van der Waals surface area contributed by atoms with Gasteiger partial charge in [0.15, 0.2) is 5.82 Å². The molecule has 0 bridgehead atoms. The highest BCUT2D eigenvalue weighted by Crippen LogP contribution is 2.39. The van der Waals surface area contributed by atoms with Crippen LogP contribution in [0.15, 0.2) is 28.8 Å². The van der Waals surface area contributed by atoms with E-state index in [0.29, 0.717) is 30.6 Å². The summed E-state index contributed by atoms with van der Waals surface area (Å²) in [6.45, 7) is 1.23. The summed E-state index contributed by atoms with van der Waals surface area (Å²) in [7, 11) is 1.52. The van der Waals surface area contributed by atoms with E-state index < -0.39 is 0 Å². The number of benzene rings is 1. The first-order valence-corrected chi connectivity index (χ1v) is 8.11. The largest absolute Gasteiger partial charge is 0.486 e. The number of ether oxygens (including phenoxy) is 2. The Labute approximate surface area is 139 Å². The topological polar surface area (TPSA) is 77.7 Å². The molecule has 1 saturated heterocycles. The van der Waals surface area contributed by atoms with Crippen LogP contribution in [-0.4, -0.2) is 53.9 Å². The number of hydrogen-bond acceptors (Lipinski definition) is 6. The molecule has 1 amide bonds. The van der Waals surface area contributed by atoms with Crippen LogP contribution >= 0.6 is 0 Å². The van der Waals surface area contributed by atoms with Crippen LogP contribution in [0.5, 0.6) is 5.75 Å². The predicted octanol–water partition coefficient (Wildman–Crippen LogP) is 1.85. The minimum absolute atomic E-state index is 0.0170. The smallest absolute Gasteiger partial charge is 0.261 e. The lowest BCUT2D eigenvalue weighted by molar-refractivity contribution is -0.143. The number of aromatic nitrogens is 2. The van der Waals surface area contributed by atoms with Crippen LogP contribution in [-0.2, 0) is 9.53 Å². The Morgan fingerprint density at radius 3 is 2.88 bits per heavy atom. The highest BCUT2D eigenvalue weighted by molar-refractivity contribution is 5.78. The second-order valence-electron chi connectivity index (χ2n) is 6.20. The zero-order valence-electron chi connectivity index (χ0n) is 13.5. The maximum absolute atomic E-state index is 11.7. The Morgan fingerprint density at radius 2 is 2.12 bits per heavy atom. The summed E-state index contributed by atoms with van der Waals surface area (Å²) in [5, 5.41) is 4.06. The molecule has 126 valence electrons. The number of amides is 1. The molecule has 7 nitrogen and oxygen atoms in total. The quantitative estimate of drug-likeness (QED) is 0.805. The van der Waals surface area contributed by atoms with Gasteiger partial charge in [0.2, 0.25) is 5.91 Å². The number of likely N-dealkylation sites (tertiary alicyclic amines) is 1. The molecule has 2 aromatic rings. The summed E-state index contributed by atoms with van der Waals surface area (Å²) in [4.78, 5) is 17.9. The lowest BCUT2D eigenvalue weighted by Gasteiger charge is -2.39. The first-order chi connectivity index (χ1) is 11.7. The molecule has 4 rings (SSSR count). The van der Waals surface area contributed by atoms with Crippen molar-refractivity contribution >= 4 is 5.91 Å². The highest BCUT2D eigenvalue weighted by atomic mass is 16.5. The molecular weight excluding hydrogens is 310 g/mol. The molecule has 7 heteroatoms. The van der Waals surface area contributed by atoms with Crippen LogP contribution in [0.25, 0.3) is 11.5 Å². The number of hydrogen-bond donors (Lipinski definition) is 0.